The largest absolute Gasteiger partial charge is 0.336 e. The summed E-state index contributed by atoms with van der Waals surface area (Å²) in [5.41, 5.74) is 3.75. The fourth-order valence-corrected chi connectivity index (χ4v) is 5.72. The summed E-state index contributed by atoms with van der Waals surface area (Å²) in [5, 5.41) is 12.3. The van der Waals surface area contributed by atoms with Gasteiger partial charge < -0.3 is 10.2 Å². The van der Waals surface area contributed by atoms with E-state index in [0.717, 1.165) is 41.5 Å². The lowest BCUT2D eigenvalue weighted by atomic mass is 9.97. The van der Waals surface area contributed by atoms with Crippen LogP contribution < -0.4 is 5.32 Å². The molecule has 2 aromatic heterocycles. The minimum Gasteiger partial charge on any atom is -0.336 e. The van der Waals surface area contributed by atoms with Crippen molar-refractivity contribution in [1.29, 1.82) is 0 Å². The molecule has 182 valence electrons. The maximum Gasteiger partial charge on any atom is 0.243 e. The van der Waals surface area contributed by atoms with Crippen molar-refractivity contribution in [2.45, 2.75) is 63.8 Å². The Hall–Kier alpha value is -3.33. The van der Waals surface area contributed by atoms with Crippen molar-refractivity contribution in [3.8, 4) is 0 Å². The van der Waals surface area contributed by atoms with Crippen LogP contribution in [0.2, 0.25) is 0 Å². The lowest BCUT2D eigenvalue weighted by Gasteiger charge is -2.39. The van der Waals surface area contributed by atoms with E-state index in [2.05, 4.69) is 29.4 Å². The lowest BCUT2D eigenvalue weighted by Crippen LogP contribution is -2.48. The van der Waals surface area contributed by atoms with Crippen molar-refractivity contribution >= 4 is 46.1 Å². The van der Waals surface area contributed by atoms with Crippen molar-refractivity contribution in [1.82, 2.24) is 24.1 Å². The smallest absolute Gasteiger partial charge is 0.243 e. The molecule has 0 radical (unpaired) electrons. The first-order valence-corrected chi connectivity index (χ1v) is 13.0. The molecule has 5 rings (SSSR count). The first-order chi connectivity index (χ1) is 16.9. The first kappa shape index (κ1) is 23.4. The molecule has 0 bridgehead atoms. The summed E-state index contributed by atoms with van der Waals surface area (Å²) in [4.78, 5) is 27.9. The second-order valence-corrected chi connectivity index (χ2v) is 10.3. The number of nitrogens with one attached hydrogen (secondary N) is 1. The Labute approximate surface area is 208 Å². The van der Waals surface area contributed by atoms with Gasteiger partial charge in [0.15, 0.2) is 5.16 Å². The van der Waals surface area contributed by atoms with Crippen molar-refractivity contribution in [2.75, 3.05) is 11.1 Å². The third kappa shape index (κ3) is 4.65. The van der Waals surface area contributed by atoms with Crippen LogP contribution in [0.3, 0.4) is 0 Å². The van der Waals surface area contributed by atoms with E-state index in [1.165, 1.54) is 11.8 Å². The number of amides is 2. The number of aromatic nitrogens is 4. The number of fused-ring (bicyclic) bond motifs is 3. The third-order valence-corrected chi connectivity index (χ3v) is 7.64. The number of imidazole rings is 1. The number of hydrogen-bond donors (Lipinski definition) is 1. The van der Waals surface area contributed by atoms with E-state index in [4.69, 9.17) is 0 Å². The summed E-state index contributed by atoms with van der Waals surface area (Å²) >= 11 is 1.33. The topological polar surface area (TPSA) is 84.5 Å². The zero-order valence-corrected chi connectivity index (χ0v) is 21.1. The number of thioether (sulfide) groups is 1. The summed E-state index contributed by atoms with van der Waals surface area (Å²) in [6.07, 6.45) is 3.23. The van der Waals surface area contributed by atoms with Gasteiger partial charge in [-0.2, -0.15) is 0 Å². The monoisotopic (exact) mass is 490 g/mol. The predicted molar refractivity (Wildman–Crippen MR) is 139 cm³/mol. The summed E-state index contributed by atoms with van der Waals surface area (Å²) in [6, 6.07) is 16.1. The van der Waals surface area contributed by atoms with Crippen LogP contribution in [0.1, 0.15) is 38.7 Å². The van der Waals surface area contributed by atoms with Gasteiger partial charge in [-0.3, -0.25) is 18.6 Å². The van der Waals surface area contributed by atoms with Crippen molar-refractivity contribution in [2.24, 2.45) is 0 Å². The maximum absolute atomic E-state index is 13.4. The van der Waals surface area contributed by atoms with Crippen molar-refractivity contribution in [3.63, 3.8) is 0 Å². The molecule has 1 N–H and O–H groups in total. The van der Waals surface area contributed by atoms with Crippen LogP contribution in [0.15, 0.2) is 53.7 Å². The minimum atomic E-state index is -0.109. The van der Waals surface area contributed by atoms with E-state index in [9.17, 15) is 9.59 Å². The molecule has 3 heterocycles. The van der Waals surface area contributed by atoms with E-state index in [0.29, 0.717) is 10.9 Å². The molecular formula is C26H30N6O2S. The molecule has 2 aromatic carbocycles. The standard InChI is InChI=1S/C26H30N6O2S/c1-17-11-13-20(14-12-17)27-23(33)16-35-26-29-28-25-30(21-9-4-5-10-22(21)32(25)26)15-24(34)31-18(2)7-6-8-19(31)3/h4-5,9-14,18-19H,6-8,15-16H2,1-3H3,(H,27,33)/t18-,19-/m1/s1. The van der Waals surface area contributed by atoms with Gasteiger partial charge in [-0.25, -0.2) is 0 Å². The number of likely N-dealkylation sites (tertiary alicyclic amines) is 1. The first-order valence-electron chi connectivity index (χ1n) is 12.0. The van der Waals surface area contributed by atoms with Crippen LogP contribution in [-0.4, -0.2) is 53.7 Å². The molecule has 4 aromatic rings. The van der Waals surface area contributed by atoms with E-state index >= 15 is 0 Å². The van der Waals surface area contributed by atoms with E-state index in [1.807, 2.05) is 69.3 Å². The molecule has 1 fully saturated rings. The van der Waals surface area contributed by atoms with Gasteiger partial charge in [-0.1, -0.05) is 41.6 Å². The number of anilines is 1. The van der Waals surface area contributed by atoms with Gasteiger partial charge in [-0.15, -0.1) is 10.2 Å². The molecule has 35 heavy (non-hydrogen) atoms. The second-order valence-electron chi connectivity index (χ2n) is 9.33. The molecule has 0 saturated carbocycles. The highest BCUT2D eigenvalue weighted by atomic mass is 32.2. The SMILES string of the molecule is Cc1ccc(NC(=O)CSc2nnc3n(CC(=O)N4[C@H](C)CCC[C@H]4C)c4ccccc4n23)cc1. The van der Waals surface area contributed by atoms with Gasteiger partial charge in [0.2, 0.25) is 17.6 Å². The normalized spacial score (nSPS) is 18.3. The molecule has 9 heteroatoms. The van der Waals surface area contributed by atoms with Gasteiger partial charge in [0.1, 0.15) is 6.54 Å². The fraction of sp³-hybridized carbons (Fsp3) is 0.385. The van der Waals surface area contributed by atoms with Crippen LogP contribution in [-0.2, 0) is 16.1 Å². The number of benzene rings is 2. The average Bonchev–Trinajstić information content (AvgIpc) is 3.38. The van der Waals surface area contributed by atoms with Gasteiger partial charge in [-0.05, 0) is 64.3 Å². The maximum atomic E-state index is 13.4. The highest BCUT2D eigenvalue weighted by Gasteiger charge is 2.30. The second kappa shape index (κ2) is 9.73. The van der Waals surface area contributed by atoms with Gasteiger partial charge >= 0.3 is 0 Å². The minimum absolute atomic E-state index is 0.0997. The van der Waals surface area contributed by atoms with Crippen LogP contribution in [0.4, 0.5) is 5.69 Å². The quantitative estimate of drug-likeness (QED) is 0.402. The van der Waals surface area contributed by atoms with Crippen LogP contribution in [0.5, 0.6) is 0 Å². The predicted octanol–water partition coefficient (Wildman–Crippen LogP) is 4.51. The molecule has 0 spiro atoms. The van der Waals surface area contributed by atoms with Crippen LogP contribution in [0, 0.1) is 6.92 Å². The number of hydrogen-bond acceptors (Lipinski definition) is 5. The number of para-hydroxylation sites is 2. The van der Waals surface area contributed by atoms with Crippen molar-refractivity contribution in [3.05, 3.63) is 54.1 Å². The summed E-state index contributed by atoms with van der Waals surface area (Å²) in [6.45, 7) is 6.48. The summed E-state index contributed by atoms with van der Waals surface area (Å²) in [5.74, 6) is 0.805. The molecule has 2 atom stereocenters. The number of piperidine rings is 1. The van der Waals surface area contributed by atoms with Gasteiger partial charge in [0.05, 0.1) is 16.8 Å². The molecular weight excluding hydrogens is 460 g/mol. The third-order valence-electron chi connectivity index (χ3n) is 6.71. The average molecular weight is 491 g/mol. The van der Waals surface area contributed by atoms with E-state index < -0.39 is 0 Å². The summed E-state index contributed by atoms with van der Waals surface area (Å²) in [7, 11) is 0. The Balaban J connectivity index is 1.39. The van der Waals surface area contributed by atoms with Crippen LogP contribution in [0.25, 0.3) is 16.8 Å². The number of nitrogens with zero attached hydrogens (tertiary/aromatic N) is 5. The Morgan fingerprint density at radius 3 is 2.40 bits per heavy atom. The molecule has 1 aliphatic rings. The Morgan fingerprint density at radius 1 is 1.00 bits per heavy atom. The Morgan fingerprint density at radius 2 is 1.69 bits per heavy atom. The van der Waals surface area contributed by atoms with Crippen LogP contribution >= 0.6 is 11.8 Å². The summed E-state index contributed by atoms with van der Waals surface area (Å²) < 4.78 is 3.88. The molecule has 0 aliphatic carbocycles. The van der Waals surface area contributed by atoms with Gasteiger partial charge in [0, 0.05) is 17.8 Å². The molecule has 1 saturated heterocycles. The molecule has 0 unspecified atom stereocenters. The zero-order chi connectivity index (χ0) is 24.5. The number of carbonyl (C=O) groups is 2. The fourth-order valence-electron chi connectivity index (χ4n) is 4.98. The highest BCUT2D eigenvalue weighted by Crippen LogP contribution is 2.28. The number of carbonyl (C=O) groups excluding carboxylic acids is 2. The Kier molecular flexibility index (Phi) is 6.51. The Bertz CT molecular complexity index is 1370. The molecule has 2 amide bonds. The zero-order valence-electron chi connectivity index (χ0n) is 20.3. The highest BCUT2D eigenvalue weighted by molar-refractivity contribution is 7.99. The molecule has 1 aliphatic heterocycles. The van der Waals surface area contributed by atoms with Crippen molar-refractivity contribution < 1.29 is 9.59 Å². The van der Waals surface area contributed by atoms with E-state index in [1.54, 1.807) is 0 Å². The lowest BCUT2D eigenvalue weighted by molar-refractivity contribution is -0.137. The molecule has 8 nitrogen and oxygen atoms in total. The number of aryl methyl sites for hydroxylation is 1. The van der Waals surface area contributed by atoms with Gasteiger partial charge in [0.25, 0.3) is 0 Å². The van der Waals surface area contributed by atoms with E-state index in [-0.39, 0.29) is 36.2 Å². The number of rotatable bonds is 6.